The summed E-state index contributed by atoms with van der Waals surface area (Å²) in [4.78, 5) is 5.14. The molecule has 0 spiro atoms. The van der Waals surface area contributed by atoms with Gasteiger partial charge in [-0.3, -0.25) is 0 Å². The van der Waals surface area contributed by atoms with E-state index in [9.17, 15) is 0 Å². The summed E-state index contributed by atoms with van der Waals surface area (Å²) in [6, 6.07) is 69.8. The van der Waals surface area contributed by atoms with E-state index in [1.54, 1.807) is 0 Å². The van der Waals surface area contributed by atoms with Gasteiger partial charge >= 0.3 is 0 Å². The van der Waals surface area contributed by atoms with E-state index >= 15 is 0 Å². The molecule has 0 saturated heterocycles. The number of ether oxygens (including phenoxy) is 2. The summed E-state index contributed by atoms with van der Waals surface area (Å²) in [6.07, 6.45) is 0.822. The second-order valence-corrected chi connectivity index (χ2v) is 26.6. The number of benzene rings is 9. The van der Waals surface area contributed by atoms with Crippen LogP contribution in [-0.2, 0) is 21.7 Å². The van der Waals surface area contributed by atoms with Crippen LogP contribution >= 0.6 is 0 Å². The molecule has 0 atom stereocenters. The van der Waals surface area contributed by atoms with Crippen LogP contribution in [0, 0.1) is 6.92 Å². The standard InChI is InChI=1S/C74H75BN2O2/c1-47-38-66-70-67(39-47)77(63-35-33-58(74(11,12)13)44-60(63)51-18-15-14-16-19-51)65-46-69-68(78-36-17-37-79-69)45-62(65)75(70)61-34-26-52(48-20-27-55(28-21-48)71(2,3)4)43-64(61)76(66)59-41-53(49-22-29-56(30-23-49)72(5,6)7)40-54(42-59)50-24-31-57(32-25-50)73(8,9)10/h14-16,18-35,38-46H,17,36-37H2,1-13H3. The van der Waals surface area contributed by atoms with Crippen LogP contribution in [0.3, 0.4) is 0 Å². The quantitative estimate of drug-likeness (QED) is 0.155. The molecule has 0 bridgehead atoms. The lowest BCUT2D eigenvalue weighted by Crippen LogP contribution is -2.61. The third kappa shape index (κ3) is 9.64. The molecule has 3 aliphatic heterocycles. The first kappa shape index (κ1) is 52.0. The van der Waals surface area contributed by atoms with Crippen LogP contribution < -0.4 is 35.7 Å². The van der Waals surface area contributed by atoms with Crippen molar-refractivity contribution in [3.63, 3.8) is 0 Å². The fraction of sp³-hybridized carbons (Fsp3) is 0.270. The summed E-state index contributed by atoms with van der Waals surface area (Å²) in [5.41, 5.74) is 26.4. The van der Waals surface area contributed by atoms with Gasteiger partial charge in [-0.05, 0) is 166 Å². The Bertz CT molecular complexity index is 3710. The van der Waals surface area contributed by atoms with E-state index in [2.05, 4.69) is 282 Å². The van der Waals surface area contributed by atoms with Crippen LogP contribution in [0.25, 0.3) is 44.5 Å². The summed E-state index contributed by atoms with van der Waals surface area (Å²) in [6.45, 7) is 30.9. The molecule has 0 fully saturated rings. The Morgan fingerprint density at radius 1 is 0.354 bits per heavy atom. The monoisotopic (exact) mass is 1030 g/mol. The molecule has 3 aliphatic rings. The van der Waals surface area contributed by atoms with Crippen LogP contribution in [0.2, 0.25) is 0 Å². The first-order valence-corrected chi connectivity index (χ1v) is 28.6. The second-order valence-electron chi connectivity index (χ2n) is 26.6. The van der Waals surface area contributed by atoms with Crippen LogP contribution in [-0.4, -0.2) is 19.9 Å². The number of rotatable bonds is 6. The predicted molar refractivity (Wildman–Crippen MR) is 337 cm³/mol. The minimum absolute atomic E-state index is 0.0318. The Labute approximate surface area is 471 Å². The molecule has 0 saturated carbocycles. The first-order chi connectivity index (χ1) is 37.6. The molecule has 396 valence electrons. The van der Waals surface area contributed by atoms with Gasteiger partial charge < -0.3 is 19.3 Å². The molecule has 0 N–H and O–H groups in total. The Hall–Kier alpha value is -7.76. The van der Waals surface area contributed by atoms with Crippen molar-refractivity contribution in [3.05, 3.63) is 210 Å². The normalized spacial score (nSPS) is 14.1. The van der Waals surface area contributed by atoms with Crippen LogP contribution in [0.4, 0.5) is 34.1 Å². The summed E-state index contributed by atoms with van der Waals surface area (Å²) < 4.78 is 13.3. The van der Waals surface area contributed by atoms with E-state index in [1.807, 2.05) is 0 Å². The highest BCUT2D eigenvalue weighted by Gasteiger charge is 2.45. The second kappa shape index (κ2) is 19.3. The third-order valence-electron chi connectivity index (χ3n) is 16.7. The Kier molecular flexibility index (Phi) is 12.7. The molecule has 79 heavy (non-hydrogen) atoms. The minimum Gasteiger partial charge on any atom is -0.490 e. The van der Waals surface area contributed by atoms with Crippen LogP contribution in [0.5, 0.6) is 11.5 Å². The summed E-state index contributed by atoms with van der Waals surface area (Å²) in [5.74, 6) is 1.58. The smallest absolute Gasteiger partial charge is 0.252 e. The topological polar surface area (TPSA) is 24.9 Å². The van der Waals surface area contributed by atoms with Gasteiger partial charge in [0.2, 0.25) is 0 Å². The van der Waals surface area contributed by atoms with E-state index < -0.39 is 0 Å². The summed E-state index contributed by atoms with van der Waals surface area (Å²) in [7, 11) is 0. The number of hydrogen-bond acceptors (Lipinski definition) is 4. The average Bonchev–Trinajstić information content (AvgIpc) is 3.49. The molecular weight excluding hydrogens is 960 g/mol. The van der Waals surface area contributed by atoms with Gasteiger partial charge in [0.05, 0.1) is 18.9 Å². The molecule has 5 heteroatoms. The number of aryl methyl sites for hydroxylation is 1. The van der Waals surface area contributed by atoms with Gasteiger partial charge in [-0.1, -0.05) is 204 Å². The average molecular weight is 1040 g/mol. The molecular formula is C74H75BN2O2. The Morgan fingerprint density at radius 2 is 0.823 bits per heavy atom. The van der Waals surface area contributed by atoms with E-state index in [1.165, 1.54) is 88.7 Å². The fourth-order valence-corrected chi connectivity index (χ4v) is 12.1. The molecule has 0 radical (unpaired) electrons. The zero-order valence-corrected chi connectivity index (χ0v) is 48.7. The maximum Gasteiger partial charge on any atom is 0.252 e. The lowest BCUT2D eigenvalue weighted by atomic mass is 9.33. The largest absolute Gasteiger partial charge is 0.490 e. The molecule has 0 unspecified atom stereocenters. The molecule has 0 aromatic heterocycles. The SMILES string of the molecule is Cc1cc2c3c(c1)N(c1ccc(C(C)(C)C)cc1-c1ccccc1)c1cc4c(cc1B3c1ccc(-c3ccc(C(C)(C)C)cc3)cc1N2c1cc(-c2ccc(C(C)(C)C)cc2)cc(-c2ccc(C(C)(C)C)cc2)c1)OCCCO4. The highest BCUT2D eigenvalue weighted by atomic mass is 16.5. The van der Waals surface area contributed by atoms with Crippen molar-refractivity contribution in [2.75, 3.05) is 23.0 Å². The van der Waals surface area contributed by atoms with Crippen molar-refractivity contribution in [2.24, 2.45) is 0 Å². The van der Waals surface area contributed by atoms with Gasteiger partial charge in [-0.15, -0.1) is 0 Å². The van der Waals surface area contributed by atoms with Crippen molar-refractivity contribution >= 4 is 57.2 Å². The highest BCUT2D eigenvalue weighted by Crippen LogP contribution is 2.51. The third-order valence-corrected chi connectivity index (χ3v) is 16.7. The van der Waals surface area contributed by atoms with Gasteiger partial charge in [0.1, 0.15) is 0 Å². The molecule has 0 amide bonds. The predicted octanol–water partition coefficient (Wildman–Crippen LogP) is 18.1. The van der Waals surface area contributed by atoms with Crippen molar-refractivity contribution in [2.45, 2.75) is 118 Å². The fourth-order valence-electron chi connectivity index (χ4n) is 12.1. The molecule has 3 heterocycles. The molecule has 4 nitrogen and oxygen atoms in total. The van der Waals surface area contributed by atoms with Gasteiger partial charge in [0.25, 0.3) is 6.71 Å². The van der Waals surface area contributed by atoms with Gasteiger partial charge in [-0.2, -0.15) is 0 Å². The van der Waals surface area contributed by atoms with Crippen LogP contribution in [0.1, 0.15) is 117 Å². The number of hydrogen-bond donors (Lipinski definition) is 0. The van der Waals surface area contributed by atoms with Crippen LogP contribution in [0.15, 0.2) is 182 Å². The van der Waals surface area contributed by atoms with Crippen molar-refractivity contribution < 1.29 is 9.47 Å². The zero-order valence-electron chi connectivity index (χ0n) is 48.7. The van der Waals surface area contributed by atoms with E-state index in [4.69, 9.17) is 9.47 Å². The van der Waals surface area contributed by atoms with Crippen molar-refractivity contribution in [1.82, 2.24) is 0 Å². The highest BCUT2D eigenvalue weighted by molar-refractivity contribution is 7.00. The maximum atomic E-state index is 6.65. The lowest BCUT2D eigenvalue weighted by molar-refractivity contribution is 0.297. The van der Waals surface area contributed by atoms with Crippen molar-refractivity contribution in [3.8, 4) is 56.0 Å². The van der Waals surface area contributed by atoms with Gasteiger partial charge in [0, 0.05) is 46.5 Å². The summed E-state index contributed by atoms with van der Waals surface area (Å²) in [5, 5.41) is 0. The van der Waals surface area contributed by atoms with Gasteiger partial charge in [0.15, 0.2) is 11.5 Å². The lowest BCUT2D eigenvalue weighted by Gasteiger charge is -2.45. The molecule has 9 aromatic rings. The number of nitrogens with zero attached hydrogens (tertiary/aromatic N) is 2. The van der Waals surface area contributed by atoms with E-state index in [-0.39, 0.29) is 28.4 Å². The number of fused-ring (bicyclic) bond motifs is 5. The zero-order chi connectivity index (χ0) is 55.3. The minimum atomic E-state index is -0.135. The number of anilines is 6. The first-order valence-electron chi connectivity index (χ1n) is 28.6. The Balaban J connectivity index is 1.16. The van der Waals surface area contributed by atoms with Crippen molar-refractivity contribution in [1.29, 1.82) is 0 Å². The molecule has 12 rings (SSSR count). The molecule has 9 aromatic carbocycles. The Morgan fingerprint density at radius 3 is 1.35 bits per heavy atom. The van der Waals surface area contributed by atoms with E-state index in [0.717, 1.165) is 52.0 Å². The molecule has 0 aliphatic carbocycles. The summed E-state index contributed by atoms with van der Waals surface area (Å²) >= 11 is 0. The van der Waals surface area contributed by atoms with Gasteiger partial charge in [-0.25, -0.2) is 0 Å². The van der Waals surface area contributed by atoms with E-state index in [0.29, 0.717) is 13.2 Å². The maximum absolute atomic E-state index is 6.65.